The Balaban J connectivity index is 1.58. The van der Waals surface area contributed by atoms with Crippen LogP contribution in [0.3, 0.4) is 0 Å². The third kappa shape index (κ3) is 5.33. The number of carbonyl (C=O) groups is 1. The Morgan fingerprint density at radius 1 is 1.03 bits per heavy atom. The van der Waals surface area contributed by atoms with E-state index >= 15 is 0 Å². The van der Waals surface area contributed by atoms with Crippen molar-refractivity contribution in [2.75, 3.05) is 18.2 Å². The molecule has 1 aromatic heterocycles. The van der Waals surface area contributed by atoms with Gasteiger partial charge in [-0.25, -0.2) is 0 Å². The Morgan fingerprint density at radius 2 is 1.79 bits per heavy atom. The summed E-state index contributed by atoms with van der Waals surface area (Å²) in [7, 11) is 1.54. The summed E-state index contributed by atoms with van der Waals surface area (Å²) in [6.45, 7) is 2.02. The minimum atomic E-state index is -0.195. The first-order valence-electron chi connectivity index (χ1n) is 10.00. The molecule has 1 heterocycles. The van der Waals surface area contributed by atoms with Crippen molar-refractivity contribution in [3.8, 4) is 22.8 Å². The van der Waals surface area contributed by atoms with E-state index in [1.165, 1.54) is 18.9 Å². The molecule has 4 rings (SSSR count). The quantitative estimate of drug-likeness (QED) is 0.303. The summed E-state index contributed by atoms with van der Waals surface area (Å²) in [5.74, 6) is 1.09. The summed E-state index contributed by atoms with van der Waals surface area (Å²) in [6, 6.07) is 20.6. The van der Waals surface area contributed by atoms with Crippen molar-refractivity contribution in [2.24, 2.45) is 0 Å². The molecule has 0 saturated carbocycles. The molecule has 0 radical (unpaired) electrons. The minimum Gasteiger partial charge on any atom is -0.495 e. The largest absolute Gasteiger partial charge is 0.495 e. The van der Waals surface area contributed by atoms with E-state index in [1.54, 1.807) is 18.2 Å². The van der Waals surface area contributed by atoms with Gasteiger partial charge in [0.15, 0.2) is 11.0 Å². The van der Waals surface area contributed by atoms with Gasteiger partial charge in [-0.3, -0.25) is 9.36 Å². The number of methoxy groups -OCH3 is 1. The summed E-state index contributed by atoms with van der Waals surface area (Å²) >= 11 is 13.9. The summed E-state index contributed by atoms with van der Waals surface area (Å²) in [6.07, 6.45) is 0. The van der Waals surface area contributed by atoms with Crippen molar-refractivity contribution < 1.29 is 9.53 Å². The molecule has 9 heteroatoms. The molecule has 1 amide bonds. The van der Waals surface area contributed by atoms with Crippen LogP contribution >= 0.6 is 35.0 Å². The third-order valence-electron chi connectivity index (χ3n) is 4.81. The van der Waals surface area contributed by atoms with E-state index in [0.717, 1.165) is 16.8 Å². The highest BCUT2D eigenvalue weighted by Gasteiger charge is 2.19. The van der Waals surface area contributed by atoms with Gasteiger partial charge in [-0.1, -0.05) is 64.8 Å². The molecule has 0 spiro atoms. The van der Waals surface area contributed by atoms with Gasteiger partial charge in [-0.15, -0.1) is 10.2 Å². The van der Waals surface area contributed by atoms with Crippen LogP contribution in [0.15, 0.2) is 71.9 Å². The molecule has 6 nitrogen and oxygen atoms in total. The van der Waals surface area contributed by atoms with Crippen molar-refractivity contribution in [3.63, 3.8) is 0 Å². The van der Waals surface area contributed by atoms with Gasteiger partial charge < -0.3 is 10.1 Å². The van der Waals surface area contributed by atoms with Crippen LogP contribution in [0.1, 0.15) is 5.56 Å². The van der Waals surface area contributed by atoms with Gasteiger partial charge in [0.2, 0.25) is 5.91 Å². The molecule has 33 heavy (non-hydrogen) atoms. The number of benzene rings is 3. The van der Waals surface area contributed by atoms with Crippen LogP contribution < -0.4 is 10.1 Å². The van der Waals surface area contributed by atoms with Crippen molar-refractivity contribution in [2.45, 2.75) is 12.1 Å². The van der Waals surface area contributed by atoms with Crippen molar-refractivity contribution in [1.29, 1.82) is 0 Å². The molecule has 0 aliphatic heterocycles. The average molecular weight is 499 g/mol. The molecule has 0 aliphatic carbocycles. The first-order chi connectivity index (χ1) is 16.0. The minimum absolute atomic E-state index is 0.135. The highest BCUT2D eigenvalue weighted by molar-refractivity contribution is 7.99. The maximum Gasteiger partial charge on any atom is 0.234 e. The van der Waals surface area contributed by atoms with Gasteiger partial charge in [0.25, 0.3) is 0 Å². The van der Waals surface area contributed by atoms with Crippen LogP contribution in [0.5, 0.6) is 5.75 Å². The number of amides is 1. The average Bonchev–Trinajstić information content (AvgIpc) is 3.22. The molecule has 0 bridgehead atoms. The molecule has 0 aliphatic rings. The number of nitrogens with one attached hydrogen (secondary N) is 1. The number of nitrogens with zero attached hydrogens (tertiary/aromatic N) is 3. The smallest absolute Gasteiger partial charge is 0.234 e. The van der Waals surface area contributed by atoms with Gasteiger partial charge in [0, 0.05) is 16.9 Å². The maximum atomic E-state index is 12.6. The Morgan fingerprint density at radius 3 is 2.48 bits per heavy atom. The van der Waals surface area contributed by atoms with Gasteiger partial charge in [0.1, 0.15) is 5.75 Å². The molecule has 0 atom stereocenters. The third-order valence-corrected chi connectivity index (χ3v) is 6.36. The molecular formula is C24H20Cl2N4O2S. The van der Waals surface area contributed by atoms with E-state index < -0.39 is 0 Å². The predicted molar refractivity (Wildman–Crippen MR) is 134 cm³/mol. The molecule has 4 aromatic rings. The van der Waals surface area contributed by atoms with Crippen LogP contribution in [0, 0.1) is 6.92 Å². The zero-order valence-corrected chi connectivity index (χ0v) is 20.2. The standard InChI is InChI=1S/C24H20Cl2N4O2S/c1-15-7-10-17(11-8-15)30-23(18-5-3-4-6-19(18)25)28-29-24(30)33-14-22(31)27-16-9-12-21(32-2)20(26)13-16/h3-13H,14H2,1-2H3,(H,27,31). The number of halogens is 2. The molecule has 0 saturated heterocycles. The lowest BCUT2D eigenvalue weighted by Gasteiger charge is -2.12. The van der Waals surface area contributed by atoms with Crippen LogP contribution in [0.4, 0.5) is 5.69 Å². The summed E-state index contributed by atoms with van der Waals surface area (Å²) in [4.78, 5) is 12.6. The first kappa shape index (κ1) is 23.2. The Hall–Kier alpha value is -3.00. The number of aromatic nitrogens is 3. The second-order valence-electron chi connectivity index (χ2n) is 7.14. The Kier molecular flexibility index (Phi) is 7.23. The summed E-state index contributed by atoms with van der Waals surface area (Å²) < 4.78 is 7.05. The highest BCUT2D eigenvalue weighted by atomic mass is 35.5. The zero-order chi connectivity index (χ0) is 23.4. The van der Waals surface area contributed by atoms with Gasteiger partial charge in [-0.2, -0.15) is 0 Å². The van der Waals surface area contributed by atoms with Gasteiger partial charge in [0.05, 0.1) is 22.9 Å². The monoisotopic (exact) mass is 498 g/mol. The Bertz CT molecular complexity index is 1290. The summed E-state index contributed by atoms with van der Waals surface area (Å²) in [5, 5.41) is 13.1. The van der Waals surface area contributed by atoms with Crippen molar-refractivity contribution >= 4 is 46.6 Å². The topological polar surface area (TPSA) is 69.0 Å². The lowest BCUT2D eigenvalue weighted by molar-refractivity contribution is -0.113. The van der Waals surface area contributed by atoms with Crippen LogP contribution in [-0.4, -0.2) is 33.5 Å². The molecule has 0 unspecified atom stereocenters. The fourth-order valence-corrected chi connectivity index (χ4v) is 4.41. The van der Waals surface area contributed by atoms with Crippen LogP contribution in [0.2, 0.25) is 10.0 Å². The van der Waals surface area contributed by atoms with E-state index in [1.807, 2.05) is 60.0 Å². The number of anilines is 1. The molecule has 168 valence electrons. The number of hydrogen-bond acceptors (Lipinski definition) is 5. The van der Waals surface area contributed by atoms with Gasteiger partial charge >= 0.3 is 0 Å². The molecule has 3 aromatic carbocycles. The second kappa shape index (κ2) is 10.3. The maximum absolute atomic E-state index is 12.6. The van der Waals surface area contributed by atoms with E-state index in [9.17, 15) is 4.79 Å². The predicted octanol–water partition coefficient (Wildman–Crippen LogP) is 6.29. The van der Waals surface area contributed by atoms with Crippen LogP contribution in [-0.2, 0) is 4.79 Å². The lowest BCUT2D eigenvalue weighted by atomic mass is 10.2. The number of thioether (sulfide) groups is 1. The van der Waals surface area contributed by atoms with E-state index in [0.29, 0.717) is 32.5 Å². The number of rotatable bonds is 7. The number of aryl methyl sites for hydroxylation is 1. The second-order valence-corrected chi connectivity index (χ2v) is 8.90. The van der Waals surface area contributed by atoms with E-state index in [-0.39, 0.29) is 11.7 Å². The number of ether oxygens (including phenoxy) is 1. The van der Waals surface area contributed by atoms with Crippen molar-refractivity contribution in [3.05, 3.63) is 82.3 Å². The lowest BCUT2D eigenvalue weighted by Crippen LogP contribution is -2.14. The van der Waals surface area contributed by atoms with Gasteiger partial charge in [-0.05, 0) is 49.4 Å². The molecule has 1 N–H and O–H groups in total. The fraction of sp³-hybridized carbons (Fsp3) is 0.125. The zero-order valence-electron chi connectivity index (χ0n) is 17.9. The fourth-order valence-electron chi connectivity index (χ4n) is 3.18. The van der Waals surface area contributed by atoms with Crippen molar-refractivity contribution in [1.82, 2.24) is 14.8 Å². The Labute approximate surface area is 205 Å². The van der Waals surface area contributed by atoms with Crippen LogP contribution in [0.25, 0.3) is 17.1 Å². The number of hydrogen-bond donors (Lipinski definition) is 1. The SMILES string of the molecule is COc1ccc(NC(=O)CSc2nnc(-c3ccccc3Cl)n2-c2ccc(C)cc2)cc1Cl. The normalized spacial score (nSPS) is 10.8. The first-order valence-corrected chi connectivity index (χ1v) is 11.7. The molecule has 0 fully saturated rings. The highest BCUT2D eigenvalue weighted by Crippen LogP contribution is 2.32. The summed E-state index contributed by atoms with van der Waals surface area (Å²) in [5.41, 5.74) is 3.36. The van der Waals surface area contributed by atoms with E-state index in [2.05, 4.69) is 15.5 Å². The number of carbonyl (C=O) groups excluding carboxylic acids is 1. The van der Waals surface area contributed by atoms with E-state index in [4.69, 9.17) is 27.9 Å². The molecular weight excluding hydrogens is 479 g/mol.